The summed E-state index contributed by atoms with van der Waals surface area (Å²) in [4.78, 5) is 12.9. The van der Waals surface area contributed by atoms with Crippen LogP contribution in [-0.2, 0) is 13.6 Å². The molecule has 0 radical (unpaired) electrons. The predicted molar refractivity (Wildman–Crippen MR) is 113 cm³/mol. The molecule has 2 aromatic carbocycles. The third-order valence-corrected chi connectivity index (χ3v) is 5.00. The summed E-state index contributed by atoms with van der Waals surface area (Å²) < 4.78 is 22.7. The third kappa shape index (κ3) is 4.79. The monoisotopic (exact) mass is 410 g/mol. The van der Waals surface area contributed by atoms with E-state index in [1.54, 1.807) is 40.3 Å². The van der Waals surface area contributed by atoms with Gasteiger partial charge < -0.3 is 19.2 Å². The number of hydrogen-bond donors (Lipinski definition) is 2. The Morgan fingerprint density at radius 2 is 2.00 bits per heavy atom. The molecule has 1 heterocycles. The minimum atomic E-state index is -0.278. The molecule has 1 atom stereocenters. The van der Waals surface area contributed by atoms with Crippen molar-refractivity contribution in [3.8, 4) is 5.75 Å². The van der Waals surface area contributed by atoms with Gasteiger partial charge in [0, 0.05) is 25.0 Å². The van der Waals surface area contributed by atoms with E-state index < -0.39 is 0 Å². The lowest BCUT2D eigenvalue weighted by atomic mass is 10.0. The van der Waals surface area contributed by atoms with Crippen molar-refractivity contribution < 1.29 is 13.9 Å². The Morgan fingerprint density at radius 1 is 1.23 bits per heavy atom. The molecular formula is C23H27FN4O2. The van der Waals surface area contributed by atoms with Crippen LogP contribution in [0, 0.1) is 18.2 Å². The van der Waals surface area contributed by atoms with Crippen molar-refractivity contribution in [2.75, 3.05) is 6.61 Å². The molecule has 3 aromatic rings. The minimum absolute atomic E-state index is 0.239. The van der Waals surface area contributed by atoms with Gasteiger partial charge in [0.05, 0.1) is 19.2 Å². The summed E-state index contributed by atoms with van der Waals surface area (Å²) in [6.07, 6.45) is 3.64. The summed E-state index contributed by atoms with van der Waals surface area (Å²) in [7, 11) is 1.81. The number of nitrogens with zero attached hydrogens (tertiary/aromatic N) is 2. The minimum Gasteiger partial charge on any atom is -0.494 e. The van der Waals surface area contributed by atoms with E-state index in [1.165, 1.54) is 6.07 Å². The van der Waals surface area contributed by atoms with Gasteiger partial charge in [0.2, 0.25) is 5.62 Å². The SMILES string of the molecule is CCOc1cc(Cn2ccn(C)c2=N)cc(C(=O)N[C@@H](C)c2ccc(F)c(C)c2)c1. The van der Waals surface area contributed by atoms with E-state index in [2.05, 4.69) is 5.32 Å². The fourth-order valence-electron chi connectivity index (χ4n) is 3.28. The maximum absolute atomic E-state index is 13.5. The van der Waals surface area contributed by atoms with Crippen molar-refractivity contribution in [2.45, 2.75) is 33.4 Å². The lowest BCUT2D eigenvalue weighted by molar-refractivity contribution is 0.0939. The lowest BCUT2D eigenvalue weighted by Crippen LogP contribution is -2.27. The Kier molecular flexibility index (Phi) is 6.40. The molecule has 0 bridgehead atoms. The van der Waals surface area contributed by atoms with Gasteiger partial charge in [-0.15, -0.1) is 0 Å². The largest absolute Gasteiger partial charge is 0.494 e. The number of aromatic nitrogens is 2. The first-order valence-electron chi connectivity index (χ1n) is 9.88. The molecule has 0 spiro atoms. The van der Waals surface area contributed by atoms with Crippen molar-refractivity contribution in [2.24, 2.45) is 7.05 Å². The number of aryl methyl sites for hydroxylation is 2. The highest BCUT2D eigenvalue weighted by atomic mass is 19.1. The van der Waals surface area contributed by atoms with Crippen molar-refractivity contribution >= 4 is 5.91 Å². The third-order valence-electron chi connectivity index (χ3n) is 5.00. The lowest BCUT2D eigenvalue weighted by Gasteiger charge is -2.16. The number of carbonyl (C=O) groups excluding carboxylic acids is 1. The van der Waals surface area contributed by atoms with Gasteiger partial charge in [-0.25, -0.2) is 4.39 Å². The van der Waals surface area contributed by atoms with Crippen molar-refractivity contribution in [1.82, 2.24) is 14.5 Å². The first-order valence-corrected chi connectivity index (χ1v) is 9.88. The maximum atomic E-state index is 13.5. The Hall–Kier alpha value is -3.35. The van der Waals surface area contributed by atoms with E-state index in [-0.39, 0.29) is 17.8 Å². The van der Waals surface area contributed by atoms with E-state index in [0.29, 0.717) is 35.6 Å². The topological polar surface area (TPSA) is 72.0 Å². The molecule has 30 heavy (non-hydrogen) atoms. The van der Waals surface area contributed by atoms with Gasteiger partial charge in [-0.05, 0) is 61.7 Å². The summed E-state index contributed by atoms with van der Waals surface area (Å²) in [6, 6.07) is 9.95. The molecule has 3 rings (SSSR count). The number of hydrogen-bond acceptors (Lipinski definition) is 3. The van der Waals surface area contributed by atoms with Gasteiger partial charge in [0.25, 0.3) is 5.91 Å². The Bertz CT molecular complexity index is 1120. The zero-order chi connectivity index (χ0) is 21.8. The van der Waals surface area contributed by atoms with Gasteiger partial charge in [-0.1, -0.05) is 12.1 Å². The standard InChI is InChI=1S/C23H27FN4O2/c1-5-30-20-12-17(14-28-9-8-27(4)23(28)25)11-19(13-20)22(29)26-16(3)18-6-7-21(24)15(2)10-18/h6-13,16,25H,5,14H2,1-4H3,(H,26,29)/t16-/m0/s1. The molecule has 0 unspecified atom stereocenters. The van der Waals surface area contributed by atoms with E-state index in [9.17, 15) is 9.18 Å². The van der Waals surface area contributed by atoms with Gasteiger partial charge in [-0.2, -0.15) is 0 Å². The zero-order valence-corrected chi connectivity index (χ0v) is 17.7. The van der Waals surface area contributed by atoms with Crippen LogP contribution in [0.3, 0.4) is 0 Å². The van der Waals surface area contributed by atoms with E-state index in [1.807, 2.05) is 39.4 Å². The van der Waals surface area contributed by atoms with Crippen LogP contribution in [0.1, 0.15) is 46.9 Å². The fraction of sp³-hybridized carbons (Fsp3) is 0.304. The van der Waals surface area contributed by atoms with Gasteiger partial charge in [0.1, 0.15) is 11.6 Å². The van der Waals surface area contributed by atoms with Crippen LogP contribution in [-0.4, -0.2) is 21.6 Å². The van der Waals surface area contributed by atoms with Crippen LogP contribution in [0.2, 0.25) is 0 Å². The number of amides is 1. The average molecular weight is 410 g/mol. The van der Waals surface area contributed by atoms with Gasteiger partial charge in [0.15, 0.2) is 0 Å². The van der Waals surface area contributed by atoms with E-state index in [4.69, 9.17) is 10.1 Å². The number of nitrogens with one attached hydrogen (secondary N) is 2. The molecule has 158 valence electrons. The average Bonchev–Trinajstić information content (AvgIpc) is 3.02. The normalized spacial score (nSPS) is 11.9. The molecule has 0 aliphatic carbocycles. The Balaban J connectivity index is 1.84. The highest BCUT2D eigenvalue weighted by molar-refractivity contribution is 5.95. The molecule has 0 aliphatic rings. The van der Waals surface area contributed by atoms with Gasteiger partial charge >= 0.3 is 0 Å². The molecule has 0 aliphatic heterocycles. The molecule has 7 heteroatoms. The number of carbonyl (C=O) groups is 1. The van der Waals surface area contributed by atoms with Crippen LogP contribution in [0.25, 0.3) is 0 Å². The highest BCUT2D eigenvalue weighted by Crippen LogP contribution is 2.21. The predicted octanol–water partition coefficient (Wildman–Crippen LogP) is 3.69. The molecule has 2 N–H and O–H groups in total. The molecule has 0 fully saturated rings. The van der Waals surface area contributed by atoms with Crippen LogP contribution in [0.5, 0.6) is 5.75 Å². The number of rotatable bonds is 7. The number of halogens is 1. The summed E-state index contributed by atoms with van der Waals surface area (Å²) in [5.41, 5.74) is 3.08. The fourth-order valence-corrected chi connectivity index (χ4v) is 3.28. The quantitative estimate of drug-likeness (QED) is 0.624. The van der Waals surface area contributed by atoms with Crippen molar-refractivity contribution in [3.05, 3.63) is 82.5 Å². The molecular weight excluding hydrogens is 383 g/mol. The van der Waals surface area contributed by atoms with Crippen molar-refractivity contribution in [1.29, 1.82) is 5.41 Å². The molecule has 1 amide bonds. The Morgan fingerprint density at radius 3 is 2.63 bits per heavy atom. The number of imidazole rings is 1. The first-order chi connectivity index (χ1) is 14.3. The maximum Gasteiger partial charge on any atom is 0.251 e. The second-order valence-electron chi connectivity index (χ2n) is 7.36. The molecule has 6 nitrogen and oxygen atoms in total. The van der Waals surface area contributed by atoms with E-state index in [0.717, 1.165) is 11.1 Å². The number of ether oxygens (including phenoxy) is 1. The Labute approximate surface area is 175 Å². The van der Waals surface area contributed by atoms with Crippen LogP contribution in [0.15, 0.2) is 48.8 Å². The van der Waals surface area contributed by atoms with Crippen LogP contribution in [0.4, 0.5) is 4.39 Å². The summed E-state index contributed by atoms with van der Waals surface area (Å²) in [6.45, 7) is 6.39. The van der Waals surface area contributed by atoms with E-state index >= 15 is 0 Å². The van der Waals surface area contributed by atoms with Gasteiger partial charge in [-0.3, -0.25) is 10.2 Å². The molecule has 0 saturated heterocycles. The number of benzene rings is 2. The second kappa shape index (κ2) is 8.98. The van der Waals surface area contributed by atoms with Crippen LogP contribution < -0.4 is 15.7 Å². The second-order valence-corrected chi connectivity index (χ2v) is 7.36. The van der Waals surface area contributed by atoms with Crippen LogP contribution >= 0.6 is 0 Å². The molecule has 1 aromatic heterocycles. The zero-order valence-electron chi connectivity index (χ0n) is 17.7. The smallest absolute Gasteiger partial charge is 0.251 e. The molecule has 0 saturated carbocycles. The summed E-state index contributed by atoms with van der Waals surface area (Å²) >= 11 is 0. The van der Waals surface area contributed by atoms with Crippen molar-refractivity contribution in [3.63, 3.8) is 0 Å². The first kappa shape index (κ1) is 21.4. The highest BCUT2D eigenvalue weighted by Gasteiger charge is 2.15. The summed E-state index contributed by atoms with van der Waals surface area (Å²) in [5.74, 6) is 0.100. The summed E-state index contributed by atoms with van der Waals surface area (Å²) in [5, 5.41) is 11.1.